The Morgan fingerprint density at radius 2 is 1.94 bits per heavy atom. The van der Waals surface area contributed by atoms with E-state index in [1.165, 1.54) is 0 Å². The number of hydrogen-bond acceptors (Lipinski definition) is 5. The van der Waals surface area contributed by atoms with Crippen LogP contribution in [0.3, 0.4) is 0 Å². The first kappa shape index (κ1) is 16.7. The second-order valence-corrected chi connectivity index (χ2v) is 6.43. The quantitative estimate of drug-likeness (QED) is 0.710. The summed E-state index contributed by atoms with van der Waals surface area (Å²) in [6, 6.07) is -0.414. The molecule has 0 aliphatic heterocycles. The van der Waals surface area contributed by atoms with Gasteiger partial charge in [-0.3, -0.25) is 4.79 Å². The molecule has 0 aliphatic rings. The zero-order valence-corrected chi connectivity index (χ0v) is 12.5. The third-order valence-electron chi connectivity index (χ3n) is 2.00. The van der Waals surface area contributed by atoms with Crippen molar-refractivity contribution in [1.82, 2.24) is 5.32 Å². The van der Waals surface area contributed by atoms with E-state index in [-0.39, 0.29) is 5.97 Å². The molecule has 0 aromatic heterocycles. The second-order valence-electron chi connectivity index (χ2n) is 5.57. The number of aliphatic hydroxyl groups is 1. The molecule has 0 aromatic rings. The van der Waals surface area contributed by atoms with E-state index in [0.29, 0.717) is 12.3 Å². The van der Waals surface area contributed by atoms with Crippen LogP contribution in [0, 0.1) is 0 Å². The van der Waals surface area contributed by atoms with Crippen molar-refractivity contribution in [2.75, 3.05) is 18.6 Å². The Morgan fingerprint density at radius 3 is 2.35 bits per heavy atom. The molecular weight excluding hydrogens is 238 g/mol. The Kier molecular flexibility index (Phi) is 6.51. The van der Waals surface area contributed by atoms with Crippen molar-refractivity contribution in [2.24, 2.45) is 0 Å². The molecule has 0 aromatic carbocycles. The molecule has 0 amide bonds. The Labute approximate surface area is 108 Å². The predicted octanol–water partition coefficient (Wildman–Crippen LogP) is 1.42. The van der Waals surface area contributed by atoms with Crippen molar-refractivity contribution < 1.29 is 14.6 Å². The Balaban J connectivity index is 4.10. The van der Waals surface area contributed by atoms with Crippen molar-refractivity contribution in [2.45, 2.75) is 51.9 Å². The molecule has 2 N–H and O–H groups in total. The summed E-state index contributed by atoms with van der Waals surface area (Å²) in [6.07, 6.45) is 1.94. The van der Waals surface area contributed by atoms with Gasteiger partial charge in [0.15, 0.2) is 0 Å². The Bertz CT molecular complexity index is 249. The van der Waals surface area contributed by atoms with Gasteiger partial charge in [0, 0.05) is 12.3 Å². The highest BCUT2D eigenvalue weighted by Crippen LogP contribution is 2.11. The van der Waals surface area contributed by atoms with E-state index in [4.69, 9.17) is 4.74 Å². The predicted molar refractivity (Wildman–Crippen MR) is 72.3 cm³/mol. The zero-order chi connectivity index (χ0) is 13.7. The summed E-state index contributed by atoms with van der Waals surface area (Å²) in [6.45, 7) is 9.36. The SMILES string of the molecule is CSCC(C)(O)CNC(C)C(=O)OC(C)(C)C. The highest BCUT2D eigenvalue weighted by atomic mass is 32.2. The fraction of sp³-hybridized carbons (Fsp3) is 0.917. The van der Waals surface area contributed by atoms with Crippen LogP contribution in [0.25, 0.3) is 0 Å². The molecule has 102 valence electrons. The van der Waals surface area contributed by atoms with Crippen molar-refractivity contribution in [3.8, 4) is 0 Å². The van der Waals surface area contributed by atoms with Gasteiger partial charge in [-0.05, 0) is 40.9 Å². The summed E-state index contributed by atoms with van der Waals surface area (Å²) >= 11 is 1.57. The molecular formula is C12H25NO3S. The van der Waals surface area contributed by atoms with Crippen LogP contribution in [0.1, 0.15) is 34.6 Å². The number of thioether (sulfide) groups is 1. The van der Waals surface area contributed by atoms with Gasteiger partial charge in [-0.2, -0.15) is 11.8 Å². The van der Waals surface area contributed by atoms with Gasteiger partial charge in [0.1, 0.15) is 11.6 Å². The van der Waals surface area contributed by atoms with Gasteiger partial charge < -0.3 is 15.2 Å². The van der Waals surface area contributed by atoms with Gasteiger partial charge >= 0.3 is 5.97 Å². The topological polar surface area (TPSA) is 58.6 Å². The van der Waals surface area contributed by atoms with Gasteiger partial charge in [0.25, 0.3) is 0 Å². The second kappa shape index (κ2) is 6.61. The third kappa shape index (κ3) is 8.46. The van der Waals surface area contributed by atoms with Crippen molar-refractivity contribution in [3.05, 3.63) is 0 Å². The lowest BCUT2D eigenvalue weighted by atomic mass is 10.1. The number of carbonyl (C=O) groups is 1. The number of esters is 1. The number of rotatable bonds is 6. The smallest absolute Gasteiger partial charge is 0.323 e. The average Bonchev–Trinajstić information content (AvgIpc) is 2.11. The molecule has 0 saturated carbocycles. The van der Waals surface area contributed by atoms with Gasteiger partial charge in [-0.15, -0.1) is 0 Å². The van der Waals surface area contributed by atoms with Crippen LogP contribution >= 0.6 is 11.8 Å². The lowest BCUT2D eigenvalue weighted by molar-refractivity contribution is -0.157. The van der Waals surface area contributed by atoms with E-state index in [9.17, 15) is 9.90 Å². The maximum Gasteiger partial charge on any atom is 0.323 e. The molecule has 0 saturated heterocycles. The fourth-order valence-corrected chi connectivity index (χ4v) is 1.93. The van der Waals surface area contributed by atoms with E-state index < -0.39 is 17.2 Å². The molecule has 0 aliphatic carbocycles. The number of carbonyl (C=O) groups excluding carboxylic acids is 1. The lowest BCUT2D eigenvalue weighted by Crippen LogP contribution is -2.47. The minimum Gasteiger partial charge on any atom is -0.459 e. The van der Waals surface area contributed by atoms with E-state index in [1.807, 2.05) is 27.0 Å². The third-order valence-corrected chi connectivity index (χ3v) is 2.92. The van der Waals surface area contributed by atoms with Crippen molar-refractivity contribution in [1.29, 1.82) is 0 Å². The van der Waals surface area contributed by atoms with Crippen LogP contribution in [0.5, 0.6) is 0 Å². The van der Waals surface area contributed by atoms with Crippen molar-refractivity contribution >= 4 is 17.7 Å². The highest BCUT2D eigenvalue weighted by molar-refractivity contribution is 7.98. The first-order chi connectivity index (χ1) is 7.57. The Hall–Kier alpha value is -0.260. The summed E-state index contributed by atoms with van der Waals surface area (Å²) in [5.41, 5.74) is -1.29. The molecule has 0 fully saturated rings. The number of hydrogen-bond donors (Lipinski definition) is 2. The molecule has 0 heterocycles. The number of ether oxygens (including phenoxy) is 1. The molecule has 2 unspecified atom stereocenters. The van der Waals surface area contributed by atoms with Crippen LogP contribution in [-0.2, 0) is 9.53 Å². The molecule has 0 spiro atoms. The standard InChI is InChI=1S/C12H25NO3S/c1-9(10(14)16-11(2,3)4)13-7-12(5,15)8-17-6/h9,13,15H,7-8H2,1-6H3. The van der Waals surface area contributed by atoms with E-state index in [1.54, 1.807) is 25.6 Å². The molecule has 17 heavy (non-hydrogen) atoms. The molecule has 0 rings (SSSR count). The summed E-state index contributed by atoms with van der Waals surface area (Å²) < 4.78 is 5.24. The normalized spacial score (nSPS) is 17.4. The van der Waals surface area contributed by atoms with Gasteiger partial charge in [-0.25, -0.2) is 0 Å². The molecule has 0 bridgehead atoms. The van der Waals surface area contributed by atoms with E-state index in [2.05, 4.69) is 5.32 Å². The van der Waals surface area contributed by atoms with Crippen LogP contribution in [0.15, 0.2) is 0 Å². The summed E-state index contributed by atoms with van der Waals surface area (Å²) in [5.74, 6) is 0.332. The number of nitrogens with one attached hydrogen (secondary N) is 1. The summed E-state index contributed by atoms with van der Waals surface area (Å²) in [5, 5.41) is 12.9. The fourth-order valence-electron chi connectivity index (χ4n) is 1.21. The summed E-state index contributed by atoms with van der Waals surface area (Å²) in [4.78, 5) is 11.7. The van der Waals surface area contributed by atoms with Crippen LogP contribution in [-0.4, -0.2) is 46.9 Å². The largest absolute Gasteiger partial charge is 0.459 e. The highest BCUT2D eigenvalue weighted by Gasteiger charge is 2.25. The molecule has 5 heteroatoms. The van der Waals surface area contributed by atoms with E-state index >= 15 is 0 Å². The van der Waals surface area contributed by atoms with Gasteiger partial charge in [0.2, 0.25) is 0 Å². The molecule has 0 radical (unpaired) electrons. The van der Waals surface area contributed by atoms with Gasteiger partial charge in [0.05, 0.1) is 5.60 Å². The van der Waals surface area contributed by atoms with Crippen molar-refractivity contribution in [3.63, 3.8) is 0 Å². The minimum atomic E-state index is -0.810. The maximum absolute atomic E-state index is 11.7. The minimum absolute atomic E-state index is 0.294. The first-order valence-corrected chi connectivity index (χ1v) is 7.14. The lowest BCUT2D eigenvalue weighted by Gasteiger charge is -2.26. The Morgan fingerprint density at radius 1 is 1.41 bits per heavy atom. The zero-order valence-electron chi connectivity index (χ0n) is 11.7. The van der Waals surface area contributed by atoms with Gasteiger partial charge in [-0.1, -0.05) is 0 Å². The average molecular weight is 263 g/mol. The van der Waals surface area contributed by atoms with Crippen LogP contribution in [0.4, 0.5) is 0 Å². The molecule has 4 nitrogen and oxygen atoms in total. The van der Waals surface area contributed by atoms with Crippen LogP contribution in [0.2, 0.25) is 0 Å². The van der Waals surface area contributed by atoms with E-state index in [0.717, 1.165) is 0 Å². The monoisotopic (exact) mass is 263 g/mol. The molecule has 2 atom stereocenters. The maximum atomic E-state index is 11.7. The van der Waals surface area contributed by atoms with Crippen LogP contribution < -0.4 is 5.32 Å². The summed E-state index contributed by atoms with van der Waals surface area (Å²) in [7, 11) is 0. The first-order valence-electron chi connectivity index (χ1n) is 5.75.